The van der Waals surface area contributed by atoms with Crippen LogP contribution in [0.1, 0.15) is 31.2 Å². The van der Waals surface area contributed by atoms with Crippen molar-refractivity contribution in [1.82, 2.24) is 5.32 Å². The van der Waals surface area contributed by atoms with Crippen molar-refractivity contribution < 1.29 is 4.74 Å². The van der Waals surface area contributed by atoms with E-state index in [0.717, 1.165) is 18.6 Å². The van der Waals surface area contributed by atoms with E-state index >= 15 is 0 Å². The fraction of sp³-hybridized carbons (Fsp3) is 0.400. The average molecular weight is 293 g/mol. The Labute approximate surface area is 132 Å². The first-order chi connectivity index (χ1) is 10.8. The van der Waals surface area contributed by atoms with Crippen LogP contribution in [0.4, 0.5) is 0 Å². The van der Waals surface area contributed by atoms with Crippen LogP contribution in [0, 0.1) is 6.92 Å². The highest BCUT2D eigenvalue weighted by Gasteiger charge is 2.34. The van der Waals surface area contributed by atoms with Crippen LogP contribution in [0.3, 0.4) is 0 Å². The summed E-state index contributed by atoms with van der Waals surface area (Å²) in [5, 5.41) is 3.67. The molecule has 2 nitrogen and oxygen atoms in total. The third kappa shape index (κ3) is 2.76. The Bertz CT molecular complexity index is 640. The van der Waals surface area contributed by atoms with E-state index in [0.29, 0.717) is 18.2 Å². The maximum absolute atomic E-state index is 6.31. The highest BCUT2D eigenvalue weighted by Crippen LogP contribution is 2.32. The number of benzene rings is 2. The summed E-state index contributed by atoms with van der Waals surface area (Å²) < 4.78 is 6.31. The summed E-state index contributed by atoms with van der Waals surface area (Å²) in [7, 11) is 0. The molecule has 2 aliphatic rings. The molecule has 0 amide bonds. The van der Waals surface area contributed by atoms with E-state index in [1.807, 2.05) is 0 Å². The Hall–Kier alpha value is -1.80. The van der Waals surface area contributed by atoms with E-state index in [-0.39, 0.29) is 0 Å². The molecule has 2 fully saturated rings. The van der Waals surface area contributed by atoms with E-state index in [1.165, 1.54) is 29.5 Å². The molecule has 2 aliphatic heterocycles. The maximum Gasteiger partial charge on any atom is 0.120 e. The molecule has 0 radical (unpaired) electrons. The molecule has 3 atom stereocenters. The molecule has 22 heavy (non-hydrogen) atoms. The second kappa shape index (κ2) is 5.77. The highest BCUT2D eigenvalue weighted by molar-refractivity contribution is 5.68. The van der Waals surface area contributed by atoms with Gasteiger partial charge in [0.2, 0.25) is 0 Å². The zero-order chi connectivity index (χ0) is 14.9. The monoisotopic (exact) mass is 293 g/mol. The van der Waals surface area contributed by atoms with Crippen LogP contribution < -0.4 is 10.1 Å². The van der Waals surface area contributed by atoms with Gasteiger partial charge in [-0.05, 0) is 61.4 Å². The largest absolute Gasteiger partial charge is 0.490 e. The molecular weight excluding hydrogens is 270 g/mol. The van der Waals surface area contributed by atoms with Gasteiger partial charge < -0.3 is 10.1 Å². The summed E-state index contributed by atoms with van der Waals surface area (Å²) in [6, 6.07) is 18.4. The Morgan fingerprint density at radius 1 is 0.955 bits per heavy atom. The number of nitrogens with one attached hydrogen (secondary N) is 1. The van der Waals surface area contributed by atoms with Crippen LogP contribution in [0.25, 0.3) is 11.1 Å². The van der Waals surface area contributed by atoms with Crippen molar-refractivity contribution >= 4 is 0 Å². The van der Waals surface area contributed by atoms with Gasteiger partial charge >= 0.3 is 0 Å². The molecule has 2 bridgehead atoms. The van der Waals surface area contributed by atoms with Crippen LogP contribution in [0.15, 0.2) is 48.5 Å². The van der Waals surface area contributed by atoms with Crippen molar-refractivity contribution in [2.75, 3.05) is 0 Å². The van der Waals surface area contributed by atoms with E-state index in [9.17, 15) is 0 Å². The molecule has 4 rings (SSSR count). The fourth-order valence-corrected chi connectivity index (χ4v) is 3.90. The number of fused-ring (bicyclic) bond motifs is 2. The third-order valence-corrected chi connectivity index (χ3v) is 5.03. The maximum atomic E-state index is 6.31. The molecule has 2 aromatic rings. The number of ether oxygens (including phenoxy) is 1. The van der Waals surface area contributed by atoms with Gasteiger partial charge in [-0.15, -0.1) is 0 Å². The Kier molecular flexibility index (Phi) is 3.63. The van der Waals surface area contributed by atoms with Gasteiger partial charge in [0.15, 0.2) is 0 Å². The number of hydrogen-bond acceptors (Lipinski definition) is 2. The van der Waals surface area contributed by atoms with Crippen molar-refractivity contribution in [1.29, 1.82) is 0 Å². The van der Waals surface area contributed by atoms with Crippen molar-refractivity contribution in [2.45, 2.75) is 50.8 Å². The molecule has 2 aromatic carbocycles. The molecule has 2 heteroatoms. The minimum Gasteiger partial charge on any atom is -0.490 e. The summed E-state index contributed by atoms with van der Waals surface area (Å²) in [6.45, 7) is 2.16. The van der Waals surface area contributed by atoms with E-state index in [4.69, 9.17) is 4.74 Å². The first-order valence-corrected chi connectivity index (χ1v) is 8.37. The molecule has 1 unspecified atom stereocenters. The highest BCUT2D eigenvalue weighted by atomic mass is 16.5. The van der Waals surface area contributed by atoms with E-state index < -0.39 is 0 Å². The van der Waals surface area contributed by atoms with E-state index in [1.54, 1.807) is 0 Å². The predicted octanol–water partition coefficient (Wildman–Crippen LogP) is 4.32. The first kappa shape index (κ1) is 13.8. The van der Waals surface area contributed by atoms with Crippen LogP contribution in [-0.4, -0.2) is 18.2 Å². The number of aryl methyl sites for hydroxylation is 1. The lowest BCUT2D eigenvalue weighted by Gasteiger charge is -2.29. The van der Waals surface area contributed by atoms with Crippen LogP contribution in [-0.2, 0) is 0 Å². The van der Waals surface area contributed by atoms with Crippen molar-refractivity contribution in [3.8, 4) is 16.9 Å². The molecule has 114 valence electrons. The minimum atomic E-state index is 0.366. The average Bonchev–Trinajstić information content (AvgIpc) is 2.89. The van der Waals surface area contributed by atoms with Gasteiger partial charge in [-0.25, -0.2) is 0 Å². The lowest BCUT2D eigenvalue weighted by molar-refractivity contribution is 0.137. The SMILES string of the molecule is Cc1ccc(OC2C[C@H]3CC[C@@H](C2)N3)cc1-c1ccccc1. The van der Waals surface area contributed by atoms with Gasteiger partial charge in [-0.1, -0.05) is 36.4 Å². The minimum absolute atomic E-state index is 0.366. The number of rotatable bonds is 3. The summed E-state index contributed by atoms with van der Waals surface area (Å²) in [6.07, 6.45) is 5.28. The smallest absolute Gasteiger partial charge is 0.120 e. The molecule has 0 saturated carbocycles. The van der Waals surface area contributed by atoms with Crippen LogP contribution in [0.5, 0.6) is 5.75 Å². The van der Waals surface area contributed by atoms with Crippen molar-refractivity contribution in [3.63, 3.8) is 0 Å². The zero-order valence-electron chi connectivity index (χ0n) is 13.1. The standard InChI is InChI=1S/C20H23NO/c1-14-7-10-18(13-20(14)15-5-3-2-4-6-15)22-19-11-16-8-9-17(12-19)21-16/h2-7,10,13,16-17,19,21H,8-9,11-12H2,1H3/t16-,17+,19?. The molecule has 0 aliphatic carbocycles. The fourth-order valence-electron chi connectivity index (χ4n) is 3.90. The third-order valence-electron chi connectivity index (χ3n) is 5.03. The number of hydrogen-bond donors (Lipinski definition) is 1. The summed E-state index contributed by atoms with van der Waals surface area (Å²) in [5.41, 5.74) is 3.83. The first-order valence-electron chi connectivity index (χ1n) is 8.37. The molecule has 2 saturated heterocycles. The van der Waals surface area contributed by atoms with Crippen LogP contribution in [0.2, 0.25) is 0 Å². The second-order valence-electron chi connectivity index (χ2n) is 6.69. The van der Waals surface area contributed by atoms with Gasteiger partial charge in [-0.3, -0.25) is 0 Å². The second-order valence-corrected chi connectivity index (χ2v) is 6.69. The predicted molar refractivity (Wildman–Crippen MR) is 90.2 cm³/mol. The molecule has 0 aromatic heterocycles. The Balaban J connectivity index is 1.55. The lowest BCUT2D eigenvalue weighted by atomic mass is 10.00. The van der Waals surface area contributed by atoms with E-state index in [2.05, 4.69) is 60.8 Å². The molecule has 1 N–H and O–H groups in total. The Morgan fingerprint density at radius 3 is 2.41 bits per heavy atom. The van der Waals surface area contributed by atoms with Crippen molar-refractivity contribution in [3.05, 3.63) is 54.1 Å². The quantitative estimate of drug-likeness (QED) is 0.909. The normalized spacial score (nSPS) is 26.9. The molecule has 0 spiro atoms. The van der Waals surface area contributed by atoms with Gasteiger partial charge in [0.05, 0.1) is 0 Å². The lowest BCUT2D eigenvalue weighted by Crippen LogP contribution is -2.42. The summed E-state index contributed by atoms with van der Waals surface area (Å²) >= 11 is 0. The Morgan fingerprint density at radius 2 is 1.68 bits per heavy atom. The molecule has 2 heterocycles. The van der Waals surface area contributed by atoms with Gasteiger partial charge in [-0.2, -0.15) is 0 Å². The van der Waals surface area contributed by atoms with Crippen LogP contribution >= 0.6 is 0 Å². The summed E-state index contributed by atoms with van der Waals surface area (Å²) in [5.74, 6) is 1.01. The number of piperidine rings is 1. The van der Waals surface area contributed by atoms with Gasteiger partial charge in [0.25, 0.3) is 0 Å². The van der Waals surface area contributed by atoms with Gasteiger partial charge in [0, 0.05) is 12.1 Å². The molecular formula is C20H23NO. The zero-order valence-corrected chi connectivity index (χ0v) is 13.1. The topological polar surface area (TPSA) is 21.3 Å². The summed E-state index contributed by atoms with van der Waals surface area (Å²) in [4.78, 5) is 0. The van der Waals surface area contributed by atoms with Crippen molar-refractivity contribution in [2.24, 2.45) is 0 Å². The van der Waals surface area contributed by atoms with Gasteiger partial charge in [0.1, 0.15) is 11.9 Å².